The van der Waals surface area contributed by atoms with Crippen LogP contribution in [0.3, 0.4) is 0 Å². The summed E-state index contributed by atoms with van der Waals surface area (Å²) >= 11 is 0. The second kappa shape index (κ2) is 9.39. The fourth-order valence-electron chi connectivity index (χ4n) is 4.53. The molecule has 1 aromatic rings. The maximum Gasteiger partial charge on any atom is 0.339 e. The van der Waals surface area contributed by atoms with Gasteiger partial charge in [-0.25, -0.2) is 4.79 Å². The Morgan fingerprint density at radius 3 is 2.82 bits per heavy atom. The van der Waals surface area contributed by atoms with Crippen LogP contribution in [0.1, 0.15) is 48.0 Å². The Hall–Kier alpha value is -2.12. The van der Waals surface area contributed by atoms with Crippen LogP contribution in [0.15, 0.2) is 18.2 Å². The summed E-state index contributed by atoms with van der Waals surface area (Å²) in [5.41, 5.74) is 1.15. The van der Waals surface area contributed by atoms with Gasteiger partial charge in [0.05, 0.1) is 7.11 Å². The number of amides is 1. The van der Waals surface area contributed by atoms with E-state index in [1.165, 1.54) is 7.11 Å². The van der Waals surface area contributed by atoms with Crippen molar-refractivity contribution >= 4 is 11.9 Å². The molecule has 2 atom stereocenters. The molecule has 2 heterocycles. The van der Waals surface area contributed by atoms with Gasteiger partial charge in [-0.2, -0.15) is 0 Å². The number of carboxylic acid groups (broad SMARTS) is 1. The maximum atomic E-state index is 12.4. The predicted octanol–water partition coefficient (Wildman–Crippen LogP) is 1.98. The van der Waals surface area contributed by atoms with E-state index in [-0.39, 0.29) is 18.1 Å². The molecule has 28 heavy (non-hydrogen) atoms. The van der Waals surface area contributed by atoms with E-state index >= 15 is 0 Å². The third-order valence-electron chi connectivity index (χ3n) is 5.94. The number of hydrogen-bond acceptors (Lipinski definition) is 5. The number of benzene rings is 1. The van der Waals surface area contributed by atoms with Crippen molar-refractivity contribution in [2.45, 2.75) is 44.7 Å². The second-order valence-corrected chi connectivity index (χ2v) is 7.75. The number of fused-ring (bicyclic) bond motifs is 1. The topological polar surface area (TPSA) is 90.3 Å². The van der Waals surface area contributed by atoms with E-state index < -0.39 is 5.97 Å². The first-order valence-electron chi connectivity index (χ1n) is 10.1. The van der Waals surface area contributed by atoms with Gasteiger partial charge in [-0.1, -0.05) is 6.07 Å². The van der Waals surface area contributed by atoms with Gasteiger partial charge < -0.3 is 19.8 Å². The number of piperidine rings is 2. The first kappa shape index (κ1) is 20.6. The lowest BCUT2D eigenvalue weighted by Gasteiger charge is -2.47. The van der Waals surface area contributed by atoms with E-state index in [0.29, 0.717) is 30.7 Å². The van der Waals surface area contributed by atoms with Crippen LogP contribution in [0, 0.1) is 5.92 Å². The minimum atomic E-state index is -0.985. The summed E-state index contributed by atoms with van der Waals surface area (Å²) in [6.07, 6.45) is 4.03. The second-order valence-electron chi connectivity index (χ2n) is 7.75. The summed E-state index contributed by atoms with van der Waals surface area (Å²) in [7, 11) is 1.48. The number of nitrogens with zero attached hydrogens (tertiary/aromatic N) is 2. The zero-order valence-corrected chi connectivity index (χ0v) is 16.5. The number of hydrogen-bond donors (Lipinski definition) is 2. The third-order valence-corrected chi connectivity index (χ3v) is 5.94. The molecule has 154 valence electrons. The van der Waals surface area contributed by atoms with Crippen molar-refractivity contribution in [1.29, 1.82) is 0 Å². The van der Waals surface area contributed by atoms with Gasteiger partial charge in [-0.3, -0.25) is 9.69 Å². The largest absolute Gasteiger partial charge is 0.496 e. The maximum absolute atomic E-state index is 12.4. The monoisotopic (exact) mass is 390 g/mol. The van der Waals surface area contributed by atoms with Gasteiger partial charge in [-0.05, 0) is 49.3 Å². The Morgan fingerprint density at radius 2 is 2.11 bits per heavy atom. The first-order chi connectivity index (χ1) is 13.5. The smallest absolute Gasteiger partial charge is 0.339 e. The summed E-state index contributed by atoms with van der Waals surface area (Å²) < 4.78 is 5.14. The molecule has 2 saturated heterocycles. The number of aromatic carboxylic acids is 1. The van der Waals surface area contributed by atoms with Crippen LogP contribution in [-0.4, -0.2) is 71.3 Å². The average molecular weight is 390 g/mol. The van der Waals surface area contributed by atoms with E-state index in [0.717, 1.165) is 50.9 Å². The Bertz CT molecular complexity index is 708. The Balaban J connectivity index is 1.63. The summed E-state index contributed by atoms with van der Waals surface area (Å²) in [5.74, 6) is 0.0904. The normalized spacial score (nSPS) is 22.8. The molecular weight excluding hydrogens is 360 g/mol. The minimum absolute atomic E-state index is 0.171. The van der Waals surface area contributed by atoms with Crippen LogP contribution in [-0.2, 0) is 11.3 Å². The van der Waals surface area contributed by atoms with Gasteiger partial charge in [0.15, 0.2) is 0 Å². The summed E-state index contributed by atoms with van der Waals surface area (Å²) in [4.78, 5) is 28.2. The molecule has 0 bridgehead atoms. The van der Waals surface area contributed by atoms with Crippen molar-refractivity contribution in [3.63, 3.8) is 0 Å². The quantitative estimate of drug-likeness (QED) is 0.660. The lowest BCUT2D eigenvalue weighted by atomic mass is 9.83. The molecule has 2 aliphatic rings. The van der Waals surface area contributed by atoms with Gasteiger partial charge in [0.1, 0.15) is 11.3 Å². The van der Waals surface area contributed by atoms with E-state index in [2.05, 4.69) is 4.90 Å². The standard InChI is InChI=1S/C21H30N2O5/c1-28-19-6-4-15(12-17(19)21(26)27)13-22-10-8-18-16(14-22)5-7-20(25)23(18)9-2-3-11-24/h4,6,12,16,18,24H,2-3,5,7-11,13-14H2,1H3,(H,26,27)/t16-,18+/m0/s1. The predicted molar refractivity (Wildman–Crippen MR) is 104 cm³/mol. The average Bonchev–Trinajstić information content (AvgIpc) is 2.69. The Kier molecular flexibility index (Phi) is 6.91. The summed E-state index contributed by atoms with van der Waals surface area (Å²) in [6, 6.07) is 5.62. The van der Waals surface area contributed by atoms with Gasteiger partial charge in [-0.15, -0.1) is 0 Å². The third kappa shape index (κ3) is 4.64. The molecular formula is C21H30N2O5. The number of rotatable bonds is 8. The van der Waals surface area contributed by atoms with Crippen LogP contribution in [0.5, 0.6) is 5.75 Å². The lowest BCUT2D eigenvalue weighted by Crippen LogP contribution is -2.56. The van der Waals surface area contributed by atoms with Gasteiger partial charge in [0.25, 0.3) is 0 Å². The zero-order chi connectivity index (χ0) is 20.1. The Morgan fingerprint density at radius 1 is 1.29 bits per heavy atom. The number of ether oxygens (including phenoxy) is 1. The summed E-state index contributed by atoms with van der Waals surface area (Å²) in [5, 5.41) is 18.4. The Labute approximate surface area is 165 Å². The van der Waals surface area contributed by atoms with Crippen LogP contribution >= 0.6 is 0 Å². The lowest BCUT2D eigenvalue weighted by molar-refractivity contribution is -0.141. The minimum Gasteiger partial charge on any atom is -0.496 e. The van der Waals surface area contributed by atoms with Crippen molar-refractivity contribution < 1.29 is 24.5 Å². The number of carboxylic acids is 1. The number of likely N-dealkylation sites (tertiary alicyclic amines) is 2. The highest BCUT2D eigenvalue weighted by atomic mass is 16.5. The molecule has 1 aromatic carbocycles. The number of methoxy groups -OCH3 is 1. The molecule has 7 nitrogen and oxygen atoms in total. The molecule has 2 fully saturated rings. The molecule has 7 heteroatoms. The highest BCUT2D eigenvalue weighted by Crippen LogP contribution is 2.32. The SMILES string of the molecule is COc1ccc(CN2CC[C@@H]3[C@@H](CCC(=O)N3CCCCO)C2)cc1C(=O)O. The molecule has 0 spiro atoms. The van der Waals surface area contributed by atoms with Gasteiger partial charge in [0, 0.05) is 45.2 Å². The molecule has 0 aliphatic carbocycles. The van der Waals surface area contributed by atoms with E-state index in [9.17, 15) is 14.7 Å². The van der Waals surface area contributed by atoms with Gasteiger partial charge >= 0.3 is 5.97 Å². The van der Waals surface area contributed by atoms with E-state index in [4.69, 9.17) is 9.84 Å². The molecule has 0 saturated carbocycles. The number of aliphatic hydroxyl groups excluding tert-OH is 1. The molecule has 2 aliphatic heterocycles. The van der Waals surface area contributed by atoms with Crippen LogP contribution in [0.2, 0.25) is 0 Å². The molecule has 0 unspecified atom stereocenters. The van der Waals surface area contributed by atoms with Gasteiger partial charge in [0.2, 0.25) is 5.91 Å². The van der Waals surface area contributed by atoms with Crippen molar-refractivity contribution in [2.24, 2.45) is 5.92 Å². The zero-order valence-electron chi connectivity index (χ0n) is 16.5. The van der Waals surface area contributed by atoms with Crippen molar-refractivity contribution in [2.75, 3.05) is 33.4 Å². The number of carbonyl (C=O) groups excluding carboxylic acids is 1. The number of aliphatic hydroxyl groups is 1. The number of carbonyl (C=O) groups is 2. The molecule has 0 aromatic heterocycles. The number of unbranched alkanes of at least 4 members (excludes halogenated alkanes) is 1. The highest BCUT2D eigenvalue weighted by Gasteiger charge is 2.38. The fourth-order valence-corrected chi connectivity index (χ4v) is 4.53. The molecule has 2 N–H and O–H groups in total. The summed E-state index contributed by atoms with van der Waals surface area (Å²) in [6.45, 7) is 3.42. The highest BCUT2D eigenvalue weighted by molar-refractivity contribution is 5.91. The molecule has 1 amide bonds. The molecule has 0 radical (unpaired) electrons. The van der Waals surface area contributed by atoms with Crippen molar-refractivity contribution in [1.82, 2.24) is 9.80 Å². The van der Waals surface area contributed by atoms with Crippen molar-refractivity contribution in [3.05, 3.63) is 29.3 Å². The van der Waals surface area contributed by atoms with E-state index in [1.807, 2.05) is 11.0 Å². The van der Waals surface area contributed by atoms with Crippen LogP contribution in [0.4, 0.5) is 0 Å². The van der Waals surface area contributed by atoms with Crippen molar-refractivity contribution in [3.8, 4) is 5.75 Å². The van der Waals surface area contributed by atoms with Crippen LogP contribution < -0.4 is 4.74 Å². The first-order valence-corrected chi connectivity index (χ1v) is 10.1. The molecule has 3 rings (SSSR count). The van der Waals surface area contributed by atoms with Crippen LogP contribution in [0.25, 0.3) is 0 Å². The fraction of sp³-hybridized carbons (Fsp3) is 0.619. The van der Waals surface area contributed by atoms with E-state index in [1.54, 1.807) is 12.1 Å².